The molecular weight excluding hydrogens is 404 g/mol. The minimum atomic E-state index is -6.60. The topological polar surface area (TPSA) is 86.8 Å². The van der Waals surface area contributed by atoms with Gasteiger partial charge in [0.25, 0.3) is 0 Å². The average Bonchev–Trinajstić information content (AvgIpc) is 2.84. The van der Waals surface area contributed by atoms with E-state index in [1.54, 1.807) is 0 Å². The Kier molecular flexibility index (Phi) is 7.78. The van der Waals surface area contributed by atoms with E-state index in [9.17, 15) is 43.2 Å². The standard InChI is InChI=1S/C8H14N2.C2HF6NO4S2/c1-3-5-10-7-6-9(4-2)8-10;3-1(4,5)14(10,11)9-15(12,13)2(6,7)8/h4,6-7H,2-3,5,8H2,1H3;9H. The van der Waals surface area contributed by atoms with Gasteiger partial charge in [0.15, 0.2) is 0 Å². The molecule has 1 aliphatic heterocycles. The van der Waals surface area contributed by atoms with Crippen LogP contribution in [0.1, 0.15) is 13.3 Å². The highest BCUT2D eigenvalue weighted by atomic mass is 32.3. The maximum Gasteiger partial charge on any atom is 0.512 e. The maximum absolute atomic E-state index is 11.5. The lowest BCUT2D eigenvalue weighted by atomic mass is 10.4. The molecule has 0 bridgehead atoms. The van der Waals surface area contributed by atoms with Crippen molar-refractivity contribution in [1.82, 2.24) is 13.9 Å². The minimum Gasteiger partial charge on any atom is -0.358 e. The molecule has 15 heteroatoms. The molecule has 0 atom stereocenters. The first-order valence-corrected chi connectivity index (χ1v) is 9.26. The van der Waals surface area contributed by atoms with Gasteiger partial charge in [-0.25, -0.2) is 16.8 Å². The van der Waals surface area contributed by atoms with Crippen LogP contribution in [-0.4, -0.2) is 50.9 Å². The largest absolute Gasteiger partial charge is 0.512 e. The molecule has 0 unspecified atom stereocenters. The van der Waals surface area contributed by atoms with Crippen LogP contribution in [0.5, 0.6) is 0 Å². The quantitative estimate of drug-likeness (QED) is 0.685. The number of nitrogens with one attached hydrogen (secondary N) is 1. The van der Waals surface area contributed by atoms with Crippen molar-refractivity contribution in [3.05, 3.63) is 25.2 Å². The van der Waals surface area contributed by atoms with E-state index in [4.69, 9.17) is 0 Å². The number of hydrogen-bond acceptors (Lipinski definition) is 6. The number of halogens is 6. The summed E-state index contributed by atoms with van der Waals surface area (Å²) in [7, 11) is -13.2. The summed E-state index contributed by atoms with van der Waals surface area (Å²) in [5, 5.41) is 0. The second kappa shape index (κ2) is 8.27. The van der Waals surface area contributed by atoms with Crippen LogP contribution < -0.4 is 4.13 Å². The Bertz CT molecular complexity index is 642. The fourth-order valence-corrected chi connectivity index (χ4v) is 3.19. The minimum absolute atomic E-state index is 0.493. The van der Waals surface area contributed by atoms with Gasteiger partial charge in [0.2, 0.25) is 0 Å². The fourth-order valence-electron chi connectivity index (χ4n) is 1.27. The monoisotopic (exact) mass is 419 g/mol. The van der Waals surface area contributed by atoms with Crippen LogP contribution in [0.3, 0.4) is 0 Å². The number of hydrogen-bond donors (Lipinski definition) is 1. The van der Waals surface area contributed by atoms with Crippen molar-refractivity contribution >= 4 is 20.0 Å². The van der Waals surface area contributed by atoms with Crippen molar-refractivity contribution in [2.24, 2.45) is 0 Å². The third-order valence-electron chi connectivity index (χ3n) is 2.39. The van der Waals surface area contributed by atoms with Crippen LogP contribution in [-0.2, 0) is 20.0 Å². The van der Waals surface area contributed by atoms with Crippen LogP contribution in [0.2, 0.25) is 0 Å². The van der Waals surface area contributed by atoms with Gasteiger partial charge < -0.3 is 9.80 Å². The molecule has 1 rings (SSSR count). The van der Waals surface area contributed by atoms with Crippen LogP contribution in [0.25, 0.3) is 0 Å². The molecular formula is C10H15F6N3O4S2. The zero-order valence-electron chi connectivity index (χ0n) is 12.7. The first-order chi connectivity index (χ1) is 11.1. The van der Waals surface area contributed by atoms with E-state index < -0.39 is 35.2 Å². The van der Waals surface area contributed by atoms with Gasteiger partial charge >= 0.3 is 31.1 Å². The molecule has 1 aliphatic rings. The van der Waals surface area contributed by atoms with Crippen molar-refractivity contribution in [1.29, 1.82) is 0 Å². The molecule has 25 heavy (non-hydrogen) atoms. The second-order valence-electron chi connectivity index (χ2n) is 4.43. The SMILES string of the molecule is C=CN1C=CN(CCC)C1.O=S(=O)(NS(=O)(=O)C(F)(F)F)C(F)(F)F. The molecule has 7 nitrogen and oxygen atoms in total. The van der Waals surface area contributed by atoms with E-state index in [0.29, 0.717) is 0 Å². The zero-order chi connectivity index (χ0) is 20.1. The van der Waals surface area contributed by atoms with Crippen molar-refractivity contribution < 1.29 is 43.2 Å². The Morgan fingerprint density at radius 3 is 1.76 bits per heavy atom. The van der Waals surface area contributed by atoms with Gasteiger partial charge in [-0.1, -0.05) is 17.6 Å². The molecule has 0 fully saturated rings. The first kappa shape index (κ1) is 23.5. The summed E-state index contributed by atoms with van der Waals surface area (Å²) < 4.78 is 108. The molecule has 0 aromatic rings. The van der Waals surface area contributed by atoms with Crippen molar-refractivity contribution in [3.8, 4) is 0 Å². The van der Waals surface area contributed by atoms with Gasteiger partial charge in [-0.3, -0.25) is 0 Å². The summed E-state index contributed by atoms with van der Waals surface area (Å²) in [5.74, 6) is 0. The van der Waals surface area contributed by atoms with E-state index in [0.717, 1.165) is 13.2 Å². The van der Waals surface area contributed by atoms with Gasteiger partial charge in [0, 0.05) is 18.9 Å². The predicted molar refractivity (Wildman–Crippen MR) is 76.1 cm³/mol. The Labute approximate surface area is 140 Å². The van der Waals surface area contributed by atoms with Crippen LogP contribution in [0.4, 0.5) is 26.3 Å². The molecule has 148 valence electrons. The van der Waals surface area contributed by atoms with Crippen LogP contribution in [0.15, 0.2) is 25.2 Å². The van der Waals surface area contributed by atoms with E-state index in [-0.39, 0.29) is 0 Å². The van der Waals surface area contributed by atoms with Crippen molar-refractivity contribution in [3.63, 3.8) is 0 Å². The molecule has 0 saturated heterocycles. The summed E-state index contributed by atoms with van der Waals surface area (Å²) >= 11 is 0. The van der Waals surface area contributed by atoms with E-state index in [2.05, 4.69) is 29.5 Å². The Morgan fingerprint density at radius 1 is 1.04 bits per heavy atom. The van der Waals surface area contributed by atoms with Gasteiger partial charge in [0.05, 0.1) is 6.67 Å². The summed E-state index contributed by atoms with van der Waals surface area (Å²) in [6.45, 7) is 7.98. The predicted octanol–water partition coefficient (Wildman–Crippen LogP) is 1.86. The number of nitrogens with zero attached hydrogens (tertiary/aromatic N) is 2. The lowest BCUT2D eigenvalue weighted by Gasteiger charge is -2.16. The summed E-state index contributed by atoms with van der Waals surface area (Å²) in [5.41, 5.74) is -12.3. The normalized spacial score (nSPS) is 15.8. The molecule has 0 spiro atoms. The molecule has 0 aromatic heterocycles. The van der Waals surface area contributed by atoms with E-state index in [1.165, 1.54) is 6.42 Å². The molecule has 1 heterocycles. The Hall–Kier alpha value is -1.48. The molecule has 1 N–H and O–H groups in total. The average molecular weight is 419 g/mol. The number of alkyl halides is 6. The zero-order valence-corrected chi connectivity index (χ0v) is 14.3. The number of rotatable bonds is 5. The fraction of sp³-hybridized carbons (Fsp3) is 0.600. The number of sulfonamides is 2. The van der Waals surface area contributed by atoms with E-state index in [1.807, 2.05) is 12.4 Å². The lowest BCUT2D eigenvalue weighted by molar-refractivity contribution is -0.0476. The van der Waals surface area contributed by atoms with Crippen LogP contribution >= 0.6 is 0 Å². The Morgan fingerprint density at radius 2 is 1.48 bits per heavy atom. The van der Waals surface area contributed by atoms with Gasteiger partial charge in [-0.2, -0.15) is 26.3 Å². The second-order valence-corrected chi connectivity index (χ2v) is 8.04. The lowest BCUT2D eigenvalue weighted by Crippen LogP contribution is -2.45. The molecule has 0 saturated carbocycles. The molecule has 0 aromatic carbocycles. The van der Waals surface area contributed by atoms with Crippen LogP contribution in [0, 0.1) is 0 Å². The van der Waals surface area contributed by atoms with Crippen molar-refractivity contribution in [2.45, 2.75) is 24.4 Å². The molecule has 0 amide bonds. The van der Waals surface area contributed by atoms with Gasteiger partial charge in [0.1, 0.15) is 0 Å². The third kappa shape index (κ3) is 7.11. The van der Waals surface area contributed by atoms with Gasteiger partial charge in [-0.15, -0.1) is 0 Å². The molecule has 0 aliphatic carbocycles. The highest BCUT2D eigenvalue weighted by molar-refractivity contribution is 8.05. The third-order valence-corrected chi connectivity index (χ3v) is 5.36. The summed E-state index contributed by atoms with van der Waals surface area (Å²) in [6, 6.07) is 0. The van der Waals surface area contributed by atoms with Crippen molar-refractivity contribution in [2.75, 3.05) is 13.2 Å². The Balaban J connectivity index is 0.000000496. The van der Waals surface area contributed by atoms with Gasteiger partial charge in [-0.05, 0) is 12.6 Å². The smallest absolute Gasteiger partial charge is 0.358 e. The summed E-state index contributed by atoms with van der Waals surface area (Å²) in [4.78, 5) is 4.33. The molecule has 0 radical (unpaired) electrons. The maximum atomic E-state index is 11.5. The first-order valence-electron chi connectivity index (χ1n) is 6.29. The van der Waals surface area contributed by atoms with E-state index >= 15 is 0 Å². The summed E-state index contributed by atoms with van der Waals surface area (Å²) in [6.07, 6.45) is 7.19. The highest BCUT2D eigenvalue weighted by Gasteiger charge is 2.55. The highest BCUT2D eigenvalue weighted by Crippen LogP contribution is 2.27.